The first-order chi connectivity index (χ1) is 8.83. The molecule has 0 spiro atoms. The Bertz CT molecular complexity index is 759. The van der Waals surface area contributed by atoms with Gasteiger partial charge in [-0.3, -0.25) is 0 Å². The normalized spacial score (nSPS) is 12.2. The van der Waals surface area contributed by atoms with Gasteiger partial charge in [0.1, 0.15) is 11.2 Å². The number of fused-ring (bicyclic) bond motifs is 3. The van der Waals surface area contributed by atoms with Gasteiger partial charge in [0, 0.05) is 10.8 Å². The maximum Gasteiger partial charge on any atom is 0.136 e. The Morgan fingerprint density at radius 3 is 2.61 bits per heavy atom. The van der Waals surface area contributed by atoms with Crippen molar-refractivity contribution < 1.29 is 4.42 Å². The average molecular weight is 234 g/mol. The monoisotopic (exact) mass is 234 g/mol. The Morgan fingerprint density at radius 2 is 1.83 bits per heavy atom. The standard InChI is InChI=1S/C17H14O/c1-3-12(4-2)13-9-10-15-14-7-5-6-8-16(14)18-17(15)11-13/h3-11H,1H2,2H3/b12-4+. The topological polar surface area (TPSA) is 13.1 Å². The first-order valence-corrected chi connectivity index (χ1v) is 6.04. The third-order valence-electron chi connectivity index (χ3n) is 3.24. The van der Waals surface area contributed by atoms with Crippen molar-refractivity contribution in [2.75, 3.05) is 0 Å². The molecule has 0 aliphatic carbocycles. The van der Waals surface area contributed by atoms with Gasteiger partial charge in [0.25, 0.3) is 0 Å². The van der Waals surface area contributed by atoms with Crippen LogP contribution in [0.2, 0.25) is 0 Å². The zero-order valence-electron chi connectivity index (χ0n) is 10.3. The summed E-state index contributed by atoms with van der Waals surface area (Å²) in [6.45, 7) is 5.85. The molecule has 1 aromatic heterocycles. The highest BCUT2D eigenvalue weighted by Gasteiger charge is 2.07. The van der Waals surface area contributed by atoms with Crippen molar-refractivity contribution >= 4 is 27.5 Å². The Morgan fingerprint density at radius 1 is 1.06 bits per heavy atom. The molecule has 1 heterocycles. The molecule has 18 heavy (non-hydrogen) atoms. The minimum Gasteiger partial charge on any atom is -0.456 e. The number of para-hydroxylation sites is 1. The van der Waals surface area contributed by atoms with Gasteiger partial charge in [-0.1, -0.05) is 43.0 Å². The van der Waals surface area contributed by atoms with E-state index in [-0.39, 0.29) is 0 Å². The van der Waals surface area contributed by atoms with Crippen molar-refractivity contribution in [3.05, 3.63) is 66.8 Å². The van der Waals surface area contributed by atoms with Crippen LogP contribution in [0.25, 0.3) is 27.5 Å². The summed E-state index contributed by atoms with van der Waals surface area (Å²) < 4.78 is 5.87. The van der Waals surface area contributed by atoms with Crippen LogP contribution in [-0.4, -0.2) is 0 Å². The van der Waals surface area contributed by atoms with Crippen molar-refractivity contribution in [3.63, 3.8) is 0 Å². The Kier molecular flexibility index (Phi) is 2.52. The van der Waals surface area contributed by atoms with Gasteiger partial charge in [-0.15, -0.1) is 0 Å². The molecule has 2 aromatic carbocycles. The summed E-state index contributed by atoms with van der Waals surface area (Å²) in [5.41, 5.74) is 4.12. The second-order valence-corrected chi connectivity index (χ2v) is 4.26. The SMILES string of the molecule is C=C/C(=C\C)c1ccc2c(c1)oc1ccccc12. The Hall–Kier alpha value is -2.28. The van der Waals surface area contributed by atoms with E-state index in [1.54, 1.807) is 0 Å². The molecule has 0 N–H and O–H groups in total. The van der Waals surface area contributed by atoms with Gasteiger partial charge in [0.05, 0.1) is 0 Å². The zero-order valence-corrected chi connectivity index (χ0v) is 10.3. The molecule has 0 atom stereocenters. The summed E-state index contributed by atoms with van der Waals surface area (Å²) in [7, 11) is 0. The third-order valence-corrected chi connectivity index (χ3v) is 3.24. The van der Waals surface area contributed by atoms with E-state index >= 15 is 0 Å². The second-order valence-electron chi connectivity index (χ2n) is 4.26. The quantitative estimate of drug-likeness (QED) is 0.557. The van der Waals surface area contributed by atoms with Gasteiger partial charge in [0.2, 0.25) is 0 Å². The predicted octanol–water partition coefficient (Wildman–Crippen LogP) is 5.18. The molecule has 0 aliphatic rings. The number of hydrogen-bond acceptors (Lipinski definition) is 1. The van der Waals surface area contributed by atoms with Crippen LogP contribution >= 0.6 is 0 Å². The van der Waals surface area contributed by atoms with E-state index in [9.17, 15) is 0 Å². The van der Waals surface area contributed by atoms with E-state index < -0.39 is 0 Å². The number of rotatable bonds is 2. The second kappa shape index (κ2) is 4.19. The molecule has 0 saturated heterocycles. The van der Waals surface area contributed by atoms with Crippen molar-refractivity contribution in [1.29, 1.82) is 0 Å². The van der Waals surface area contributed by atoms with E-state index in [2.05, 4.69) is 36.9 Å². The molecular weight excluding hydrogens is 220 g/mol. The highest BCUT2D eigenvalue weighted by molar-refractivity contribution is 6.05. The van der Waals surface area contributed by atoms with Gasteiger partial charge in [-0.2, -0.15) is 0 Å². The molecule has 0 amide bonds. The molecule has 3 rings (SSSR count). The van der Waals surface area contributed by atoms with Crippen molar-refractivity contribution in [1.82, 2.24) is 0 Å². The molecule has 1 heteroatoms. The fourth-order valence-electron chi connectivity index (χ4n) is 2.31. The van der Waals surface area contributed by atoms with E-state index in [0.29, 0.717) is 0 Å². The molecule has 0 bridgehead atoms. The molecule has 88 valence electrons. The summed E-state index contributed by atoms with van der Waals surface area (Å²) in [5, 5.41) is 2.33. The summed E-state index contributed by atoms with van der Waals surface area (Å²) in [4.78, 5) is 0. The van der Waals surface area contributed by atoms with Crippen LogP contribution in [0.3, 0.4) is 0 Å². The number of benzene rings is 2. The first-order valence-electron chi connectivity index (χ1n) is 6.04. The largest absolute Gasteiger partial charge is 0.456 e. The van der Waals surface area contributed by atoms with Gasteiger partial charge < -0.3 is 4.42 Å². The molecule has 1 nitrogen and oxygen atoms in total. The molecule has 0 aliphatic heterocycles. The molecular formula is C17H14O. The maximum atomic E-state index is 5.87. The summed E-state index contributed by atoms with van der Waals surface area (Å²) in [6.07, 6.45) is 3.92. The van der Waals surface area contributed by atoms with E-state index in [1.807, 2.05) is 31.2 Å². The molecule has 0 saturated carbocycles. The van der Waals surface area contributed by atoms with Crippen molar-refractivity contribution in [2.45, 2.75) is 6.92 Å². The van der Waals surface area contributed by atoms with E-state index in [1.165, 1.54) is 5.39 Å². The summed E-state index contributed by atoms with van der Waals surface area (Å²) in [5.74, 6) is 0. The van der Waals surface area contributed by atoms with Crippen LogP contribution in [0.4, 0.5) is 0 Å². The van der Waals surface area contributed by atoms with Crippen LogP contribution in [0, 0.1) is 0 Å². The van der Waals surface area contributed by atoms with Crippen LogP contribution in [-0.2, 0) is 0 Å². The van der Waals surface area contributed by atoms with Gasteiger partial charge in [0.15, 0.2) is 0 Å². The van der Waals surface area contributed by atoms with Crippen LogP contribution in [0.5, 0.6) is 0 Å². The summed E-state index contributed by atoms with van der Waals surface area (Å²) in [6, 6.07) is 14.4. The van der Waals surface area contributed by atoms with Crippen LogP contribution < -0.4 is 0 Å². The lowest BCUT2D eigenvalue weighted by Crippen LogP contribution is -1.79. The lowest BCUT2D eigenvalue weighted by Gasteiger charge is -2.00. The Labute approximate surface area is 106 Å². The predicted molar refractivity (Wildman–Crippen MR) is 77.6 cm³/mol. The molecule has 0 radical (unpaired) electrons. The Balaban J connectivity index is 2.30. The van der Waals surface area contributed by atoms with Crippen molar-refractivity contribution in [2.24, 2.45) is 0 Å². The molecule has 3 aromatic rings. The minimum absolute atomic E-state index is 0.926. The van der Waals surface area contributed by atoms with Gasteiger partial charge in [-0.25, -0.2) is 0 Å². The summed E-state index contributed by atoms with van der Waals surface area (Å²) >= 11 is 0. The molecule has 0 fully saturated rings. The van der Waals surface area contributed by atoms with E-state index in [0.717, 1.165) is 27.7 Å². The smallest absolute Gasteiger partial charge is 0.136 e. The lowest BCUT2D eigenvalue weighted by molar-refractivity contribution is 0.669. The number of allylic oxidation sites excluding steroid dienone is 3. The van der Waals surface area contributed by atoms with Gasteiger partial charge in [-0.05, 0) is 36.3 Å². The number of furan rings is 1. The maximum absolute atomic E-state index is 5.87. The van der Waals surface area contributed by atoms with Crippen LogP contribution in [0.1, 0.15) is 12.5 Å². The molecule has 0 unspecified atom stereocenters. The first kappa shape index (κ1) is 10.8. The average Bonchev–Trinajstić information content (AvgIpc) is 2.78. The van der Waals surface area contributed by atoms with Crippen LogP contribution in [0.15, 0.2) is 65.6 Å². The van der Waals surface area contributed by atoms with E-state index in [4.69, 9.17) is 4.42 Å². The van der Waals surface area contributed by atoms with Gasteiger partial charge >= 0.3 is 0 Å². The fourth-order valence-corrected chi connectivity index (χ4v) is 2.31. The zero-order chi connectivity index (χ0) is 12.5. The highest BCUT2D eigenvalue weighted by Crippen LogP contribution is 2.30. The third kappa shape index (κ3) is 1.56. The minimum atomic E-state index is 0.926. The fraction of sp³-hybridized carbons (Fsp3) is 0.0588. The highest BCUT2D eigenvalue weighted by atomic mass is 16.3. The lowest BCUT2D eigenvalue weighted by atomic mass is 10.0. The van der Waals surface area contributed by atoms with Crippen molar-refractivity contribution in [3.8, 4) is 0 Å². The number of hydrogen-bond donors (Lipinski definition) is 0.